The topological polar surface area (TPSA) is 54.0 Å². The van der Waals surface area contributed by atoms with Gasteiger partial charge in [0.15, 0.2) is 0 Å². The van der Waals surface area contributed by atoms with E-state index in [1.165, 1.54) is 32.1 Å². The summed E-state index contributed by atoms with van der Waals surface area (Å²) in [7, 11) is 0. The first kappa shape index (κ1) is 16.2. The maximum absolute atomic E-state index is 9.96. The zero-order chi connectivity index (χ0) is 14.0. The van der Waals surface area contributed by atoms with E-state index in [0.717, 1.165) is 46.0 Å². The largest absolute Gasteiger partial charge is 0.390 e. The molecular weight excluding hydrogens is 256 g/mol. The molecule has 5 heteroatoms. The van der Waals surface area contributed by atoms with Gasteiger partial charge in [0.05, 0.1) is 32.0 Å². The molecule has 0 aromatic heterocycles. The van der Waals surface area contributed by atoms with Crippen LogP contribution in [0.3, 0.4) is 0 Å². The van der Waals surface area contributed by atoms with Crippen molar-refractivity contribution in [1.82, 2.24) is 10.2 Å². The van der Waals surface area contributed by atoms with Gasteiger partial charge in [0.1, 0.15) is 0 Å². The van der Waals surface area contributed by atoms with E-state index in [9.17, 15) is 5.11 Å². The fraction of sp³-hybridized carbons (Fsp3) is 1.00. The summed E-state index contributed by atoms with van der Waals surface area (Å²) >= 11 is 0. The molecule has 2 fully saturated rings. The minimum atomic E-state index is -0.303. The number of aliphatic hydroxyl groups is 1. The second-order valence-corrected chi connectivity index (χ2v) is 5.90. The van der Waals surface area contributed by atoms with Gasteiger partial charge in [-0.3, -0.25) is 4.90 Å². The van der Waals surface area contributed by atoms with Gasteiger partial charge in [0.25, 0.3) is 0 Å². The molecule has 1 saturated heterocycles. The van der Waals surface area contributed by atoms with Crippen LogP contribution in [0.5, 0.6) is 0 Å². The molecule has 20 heavy (non-hydrogen) atoms. The quantitative estimate of drug-likeness (QED) is 0.641. The molecule has 1 heterocycles. The molecular formula is C15H30N2O3. The summed E-state index contributed by atoms with van der Waals surface area (Å²) in [6.45, 7) is 6.41. The van der Waals surface area contributed by atoms with Gasteiger partial charge in [-0.2, -0.15) is 0 Å². The molecule has 0 amide bonds. The number of hydrogen-bond acceptors (Lipinski definition) is 5. The van der Waals surface area contributed by atoms with Crippen molar-refractivity contribution in [2.75, 3.05) is 52.5 Å². The van der Waals surface area contributed by atoms with Gasteiger partial charge in [-0.1, -0.05) is 19.3 Å². The van der Waals surface area contributed by atoms with Crippen LogP contribution in [-0.2, 0) is 9.47 Å². The van der Waals surface area contributed by atoms with E-state index in [2.05, 4.69) is 10.2 Å². The molecule has 1 aliphatic heterocycles. The summed E-state index contributed by atoms with van der Waals surface area (Å²) in [6, 6.07) is 0. The maximum atomic E-state index is 9.96. The lowest BCUT2D eigenvalue weighted by molar-refractivity contribution is 0.0125. The summed E-state index contributed by atoms with van der Waals surface area (Å²) in [6.07, 6.45) is 6.62. The molecule has 2 N–H and O–H groups in total. The molecule has 0 radical (unpaired) electrons. The van der Waals surface area contributed by atoms with Crippen LogP contribution >= 0.6 is 0 Å². The van der Waals surface area contributed by atoms with E-state index in [-0.39, 0.29) is 6.10 Å². The number of nitrogens with one attached hydrogen (secondary N) is 1. The average molecular weight is 286 g/mol. The van der Waals surface area contributed by atoms with Crippen molar-refractivity contribution in [3.8, 4) is 0 Å². The molecule has 0 spiro atoms. The second-order valence-electron chi connectivity index (χ2n) is 5.90. The number of hydrogen-bond donors (Lipinski definition) is 2. The Labute approximate surface area is 122 Å². The number of aliphatic hydroxyl groups excluding tert-OH is 1. The third kappa shape index (κ3) is 6.50. The van der Waals surface area contributed by atoms with E-state index in [4.69, 9.17) is 9.47 Å². The number of nitrogens with zero attached hydrogens (tertiary/aromatic N) is 1. The lowest BCUT2D eigenvalue weighted by Crippen LogP contribution is -2.44. The molecule has 0 aromatic rings. The summed E-state index contributed by atoms with van der Waals surface area (Å²) < 4.78 is 11.1. The molecule has 2 aliphatic rings. The van der Waals surface area contributed by atoms with Gasteiger partial charge in [0.2, 0.25) is 0 Å². The zero-order valence-corrected chi connectivity index (χ0v) is 12.6. The Morgan fingerprint density at radius 2 is 1.95 bits per heavy atom. The highest BCUT2D eigenvalue weighted by atomic mass is 16.5. The predicted octanol–water partition coefficient (Wildman–Crippen LogP) is 0.618. The Hall–Kier alpha value is -0.200. The van der Waals surface area contributed by atoms with Gasteiger partial charge in [-0.25, -0.2) is 0 Å². The lowest BCUT2D eigenvalue weighted by Gasteiger charge is -2.28. The molecule has 5 nitrogen and oxygen atoms in total. The van der Waals surface area contributed by atoms with Gasteiger partial charge in [0, 0.05) is 32.7 Å². The minimum absolute atomic E-state index is 0.303. The van der Waals surface area contributed by atoms with Crippen LogP contribution in [0.25, 0.3) is 0 Å². The van der Waals surface area contributed by atoms with E-state index >= 15 is 0 Å². The molecule has 1 saturated carbocycles. The van der Waals surface area contributed by atoms with Crippen molar-refractivity contribution < 1.29 is 14.6 Å². The van der Waals surface area contributed by atoms with Crippen LogP contribution in [0, 0.1) is 0 Å². The zero-order valence-electron chi connectivity index (χ0n) is 12.6. The van der Waals surface area contributed by atoms with Crippen molar-refractivity contribution in [2.24, 2.45) is 0 Å². The smallest absolute Gasteiger partial charge is 0.0791 e. The van der Waals surface area contributed by atoms with Crippen LogP contribution in [0.4, 0.5) is 0 Å². The molecule has 1 unspecified atom stereocenters. The van der Waals surface area contributed by atoms with E-state index in [1.54, 1.807) is 0 Å². The Balaban J connectivity index is 1.43. The standard InChI is InChI=1S/C15H30N2O3/c18-14(13-17-7-10-19-11-8-17)12-16-6-9-20-15-4-2-1-3-5-15/h14-16,18H,1-13H2. The van der Waals surface area contributed by atoms with Gasteiger partial charge < -0.3 is 19.9 Å². The SMILES string of the molecule is OC(CNCCOC1CCCCC1)CN1CCOCC1. The molecule has 0 bridgehead atoms. The molecule has 1 atom stereocenters. The van der Waals surface area contributed by atoms with Gasteiger partial charge >= 0.3 is 0 Å². The van der Waals surface area contributed by atoms with Crippen LogP contribution in [-0.4, -0.2) is 74.8 Å². The highest BCUT2D eigenvalue weighted by molar-refractivity contribution is 4.69. The summed E-state index contributed by atoms with van der Waals surface area (Å²) in [5.74, 6) is 0. The first-order valence-electron chi connectivity index (χ1n) is 8.15. The van der Waals surface area contributed by atoms with E-state index in [1.807, 2.05) is 0 Å². The van der Waals surface area contributed by atoms with Crippen LogP contribution in [0.1, 0.15) is 32.1 Å². The normalized spacial score (nSPS) is 23.9. The van der Waals surface area contributed by atoms with Gasteiger partial charge in [-0.15, -0.1) is 0 Å². The second kappa shape index (κ2) is 9.68. The lowest BCUT2D eigenvalue weighted by atomic mass is 9.98. The third-order valence-corrected chi connectivity index (χ3v) is 4.14. The predicted molar refractivity (Wildman–Crippen MR) is 79.0 cm³/mol. The minimum Gasteiger partial charge on any atom is -0.390 e. The highest BCUT2D eigenvalue weighted by Crippen LogP contribution is 2.19. The summed E-state index contributed by atoms with van der Waals surface area (Å²) in [5.41, 5.74) is 0. The van der Waals surface area contributed by atoms with Crippen molar-refractivity contribution in [2.45, 2.75) is 44.3 Å². The van der Waals surface area contributed by atoms with Crippen molar-refractivity contribution in [3.05, 3.63) is 0 Å². The van der Waals surface area contributed by atoms with Crippen LogP contribution in [0.15, 0.2) is 0 Å². The average Bonchev–Trinajstić information content (AvgIpc) is 2.49. The molecule has 2 rings (SSSR count). The van der Waals surface area contributed by atoms with Crippen molar-refractivity contribution >= 4 is 0 Å². The van der Waals surface area contributed by atoms with Crippen LogP contribution < -0.4 is 5.32 Å². The molecule has 118 valence electrons. The monoisotopic (exact) mass is 286 g/mol. The number of ether oxygens (including phenoxy) is 2. The Bertz CT molecular complexity index is 241. The fourth-order valence-electron chi connectivity index (χ4n) is 2.94. The maximum Gasteiger partial charge on any atom is 0.0791 e. The summed E-state index contributed by atoms with van der Waals surface area (Å²) in [4.78, 5) is 2.26. The number of morpholine rings is 1. The van der Waals surface area contributed by atoms with E-state index in [0.29, 0.717) is 12.6 Å². The Morgan fingerprint density at radius 1 is 1.20 bits per heavy atom. The first-order chi connectivity index (χ1) is 9.84. The Morgan fingerprint density at radius 3 is 2.70 bits per heavy atom. The third-order valence-electron chi connectivity index (χ3n) is 4.14. The van der Waals surface area contributed by atoms with Crippen LogP contribution in [0.2, 0.25) is 0 Å². The summed E-state index contributed by atoms with van der Waals surface area (Å²) in [5, 5.41) is 13.2. The fourth-order valence-corrected chi connectivity index (χ4v) is 2.94. The van der Waals surface area contributed by atoms with Crippen molar-refractivity contribution in [3.63, 3.8) is 0 Å². The highest BCUT2D eigenvalue weighted by Gasteiger charge is 2.15. The molecule has 0 aromatic carbocycles. The van der Waals surface area contributed by atoms with Gasteiger partial charge in [-0.05, 0) is 12.8 Å². The van der Waals surface area contributed by atoms with Crippen molar-refractivity contribution in [1.29, 1.82) is 0 Å². The molecule has 1 aliphatic carbocycles. The number of β-amino-alcohol motifs (C(OH)–C–C–N with tert-alkyl or cyclic N) is 1. The first-order valence-corrected chi connectivity index (χ1v) is 8.15. The number of rotatable bonds is 8. The Kier molecular flexibility index (Phi) is 7.83. The van der Waals surface area contributed by atoms with E-state index < -0.39 is 0 Å².